The maximum absolute atomic E-state index is 13.1. The molecule has 0 aliphatic carbocycles. The van der Waals surface area contributed by atoms with Gasteiger partial charge in [-0.1, -0.05) is 37.3 Å². The molecule has 6 nitrogen and oxygen atoms in total. The molecule has 2 aromatic carbocycles. The fourth-order valence-corrected chi connectivity index (χ4v) is 4.11. The molecule has 0 aliphatic heterocycles. The second-order valence-corrected chi connectivity index (χ2v) is 7.96. The van der Waals surface area contributed by atoms with Crippen molar-refractivity contribution in [2.75, 3.05) is 0 Å². The van der Waals surface area contributed by atoms with Gasteiger partial charge in [0.15, 0.2) is 0 Å². The Labute approximate surface area is 163 Å². The van der Waals surface area contributed by atoms with E-state index < -0.39 is 10.1 Å². The summed E-state index contributed by atoms with van der Waals surface area (Å²) in [4.78, 5) is 4.25. The highest BCUT2D eigenvalue weighted by Gasteiger charge is 2.23. The summed E-state index contributed by atoms with van der Waals surface area (Å²) in [6, 6.07) is 17.9. The van der Waals surface area contributed by atoms with Gasteiger partial charge in [-0.15, -0.1) is 0 Å². The summed E-state index contributed by atoms with van der Waals surface area (Å²) in [5.41, 5.74) is 2.89. The van der Waals surface area contributed by atoms with E-state index in [0.29, 0.717) is 11.9 Å². The first-order chi connectivity index (χ1) is 13.5. The van der Waals surface area contributed by atoms with Gasteiger partial charge in [0.25, 0.3) is 0 Å². The molecule has 2 aromatic heterocycles. The van der Waals surface area contributed by atoms with Crippen molar-refractivity contribution >= 4 is 21.0 Å². The third-order valence-electron chi connectivity index (χ3n) is 4.40. The van der Waals surface area contributed by atoms with Crippen LogP contribution in [-0.2, 0) is 16.5 Å². The van der Waals surface area contributed by atoms with Crippen LogP contribution < -0.4 is 4.18 Å². The lowest BCUT2D eigenvalue weighted by molar-refractivity contribution is 0.465. The molecule has 28 heavy (non-hydrogen) atoms. The van der Waals surface area contributed by atoms with Crippen molar-refractivity contribution < 1.29 is 12.6 Å². The molecule has 4 aromatic rings. The van der Waals surface area contributed by atoms with E-state index in [9.17, 15) is 8.42 Å². The van der Waals surface area contributed by atoms with E-state index in [4.69, 9.17) is 4.18 Å². The van der Waals surface area contributed by atoms with Gasteiger partial charge in [-0.3, -0.25) is 4.98 Å². The first-order valence-corrected chi connectivity index (χ1v) is 10.3. The van der Waals surface area contributed by atoms with Gasteiger partial charge in [0.1, 0.15) is 4.90 Å². The predicted octanol–water partition coefficient (Wildman–Crippen LogP) is 4.06. The number of fused-ring (bicyclic) bond motifs is 1. The molecule has 0 fully saturated rings. The molecule has 0 N–H and O–H groups in total. The van der Waals surface area contributed by atoms with Gasteiger partial charge in [-0.2, -0.15) is 18.2 Å². The Kier molecular flexibility index (Phi) is 4.60. The van der Waals surface area contributed by atoms with Crippen LogP contribution in [0.3, 0.4) is 0 Å². The molecule has 0 atom stereocenters. The highest BCUT2D eigenvalue weighted by atomic mass is 32.2. The Morgan fingerprint density at radius 2 is 1.82 bits per heavy atom. The number of pyridine rings is 1. The van der Waals surface area contributed by atoms with Gasteiger partial charge in [-0.25, -0.2) is 0 Å². The molecule has 0 saturated heterocycles. The summed E-state index contributed by atoms with van der Waals surface area (Å²) >= 11 is 0. The van der Waals surface area contributed by atoms with E-state index >= 15 is 0 Å². The van der Waals surface area contributed by atoms with Crippen molar-refractivity contribution in [2.45, 2.75) is 25.2 Å². The van der Waals surface area contributed by atoms with Crippen molar-refractivity contribution in [2.24, 2.45) is 0 Å². The maximum Gasteiger partial charge on any atom is 0.342 e. The van der Waals surface area contributed by atoms with Gasteiger partial charge < -0.3 is 4.18 Å². The first kappa shape index (κ1) is 18.2. The molecular weight excluding hydrogens is 374 g/mol. The largest absolute Gasteiger partial charge is 0.358 e. The van der Waals surface area contributed by atoms with E-state index in [0.717, 1.165) is 22.3 Å². The fourth-order valence-electron chi connectivity index (χ4n) is 3.02. The molecule has 0 unspecified atom stereocenters. The van der Waals surface area contributed by atoms with Crippen LogP contribution in [0.1, 0.15) is 18.2 Å². The number of nitrogens with zero attached hydrogens (tertiary/aromatic N) is 3. The van der Waals surface area contributed by atoms with Gasteiger partial charge in [0.2, 0.25) is 5.88 Å². The lowest BCUT2D eigenvalue weighted by atomic mass is 10.2. The molecule has 0 radical (unpaired) electrons. The summed E-state index contributed by atoms with van der Waals surface area (Å²) in [5, 5.41) is 5.22. The minimum absolute atomic E-state index is 0.0284. The monoisotopic (exact) mass is 393 g/mol. The Balaban J connectivity index is 1.81. The zero-order valence-electron chi connectivity index (χ0n) is 15.5. The maximum atomic E-state index is 13.1. The van der Waals surface area contributed by atoms with E-state index in [1.54, 1.807) is 24.4 Å². The molecule has 0 spiro atoms. The van der Waals surface area contributed by atoms with E-state index in [2.05, 4.69) is 10.1 Å². The Bertz CT molecular complexity index is 1260. The third-order valence-corrected chi connectivity index (χ3v) is 5.65. The van der Waals surface area contributed by atoms with Crippen LogP contribution in [0.5, 0.6) is 5.88 Å². The molecule has 2 heterocycles. The molecule has 0 saturated carbocycles. The Morgan fingerprint density at radius 1 is 1.04 bits per heavy atom. The van der Waals surface area contributed by atoms with Gasteiger partial charge >= 0.3 is 10.1 Å². The summed E-state index contributed by atoms with van der Waals surface area (Å²) in [6.07, 6.45) is 2.22. The lowest BCUT2D eigenvalue weighted by Crippen LogP contribution is -2.13. The van der Waals surface area contributed by atoms with Crippen LogP contribution in [0.25, 0.3) is 16.6 Å². The summed E-state index contributed by atoms with van der Waals surface area (Å²) in [6.45, 7) is 3.92. The van der Waals surface area contributed by atoms with Crippen molar-refractivity contribution in [3.63, 3.8) is 0 Å². The van der Waals surface area contributed by atoms with E-state index in [1.807, 2.05) is 50.2 Å². The van der Waals surface area contributed by atoms with Crippen molar-refractivity contribution in [3.05, 3.63) is 78.1 Å². The highest BCUT2D eigenvalue weighted by molar-refractivity contribution is 7.87. The van der Waals surface area contributed by atoms with Gasteiger partial charge in [0.05, 0.1) is 16.9 Å². The van der Waals surface area contributed by atoms with Crippen LogP contribution in [0.4, 0.5) is 0 Å². The average molecular weight is 393 g/mol. The standard InChI is InChI=1S/C21H19N3O3S/c1-3-17-14-20(24(23-17)18-10-4-7-15(2)13-18)27-28(25,26)19-11-5-8-16-9-6-12-22-21(16)19/h4-14H,3H2,1-2H3. The smallest absolute Gasteiger partial charge is 0.342 e. The molecular formula is C21H19N3O3S. The van der Waals surface area contributed by atoms with Crippen LogP contribution in [-0.4, -0.2) is 23.2 Å². The molecule has 7 heteroatoms. The molecule has 0 aliphatic rings. The van der Waals surface area contributed by atoms with E-state index in [-0.39, 0.29) is 10.8 Å². The average Bonchev–Trinajstić information content (AvgIpc) is 3.09. The summed E-state index contributed by atoms with van der Waals surface area (Å²) in [7, 11) is -4.10. The first-order valence-electron chi connectivity index (χ1n) is 8.92. The van der Waals surface area contributed by atoms with Crippen LogP contribution >= 0.6 is 0 Å². The summed E-state index contributed by atoms with van der Waals surface area (Å²) in [5.74, 6) is 0.149. The second kappa shape index (κ2) is 7.09. The SMILES string of the molecule is CCc1cc(OS(=O)(=O)c2cccc3cccnc23)n(-c2cccc(C)c2)n1. The number of aryl methyl sites for hydroxylation is 2. The Morgan fingerprint density at radius 3 is 2.61 bits per heavy atom. The van der Waals surface area contributed by atoms with Crippen molar-refractivity contribution in [1.82, 2.24) is 14.8 Å². The number of rotatable bonds is 5. The normalized spacial score (nSPS) is 11.6. The number of hydrogen-bond donors (Lipinski definition) is 0. The van der Waals surface area contributed by atoms with Crippen molar-refractivity contribution in [1.29, 1.82) is 0 Å². The molecule has 4 rings (SSSR count). The highest BCUT2D eigenvalue weighted by Crippen LogP contribution is 2.27. The predicted molar refractivity (Wildman–Crippen MR) is 107 cm³/mol. The minimum Gasteiger partial charge on any atom is -0.358 e. The zero-order valence-corrected chi connectivity index (χ0v) is 16.3. The van der Waals surface area contributed by atoms with Crippen LogP contribution in [0.15, 0.2) is 71.8 Å². The van der Waals surface area contributed by atoms with Crippen LogP contribution in [0.2, 0.25) is 0 Å². The topological polar surface area (TPSA) is 74.1 Å². The zero-order chi connectivity index (χ0) is 19.7. The number of aromatic nitrogens is 3. The summed E-state index contributed by atoms with van der Waals surface area (Å²) < 4.78 is 33.2. The third kappa shape index (κ3) is 3.36. The van der Waals surface area contributed by atoms with Crippen molar-refractivity contribution in [3.8, 4) is 11.6 Å². The molecule has 142 valence electrons. The Hall–Kier alpha value is -3.19. The van der Waals surface area contributed by atoms with Gasteiger partial charge in [-0.05, 0) is 43.2 Å². The molecule has 0 bridgehead atoms. The van der Waals surface area contributed by atoms with E-state index in [1.165, 1.54) is 10.7 Å². The quantitative estimate of drug-likeness (QED) is 0.478. The van der Waals surface area contributed by atoms with Gasteiger partial charge in [0, 0.05) is 17.6 Å². The molecule has 0 amide bonds. The number of benzene rings is 2. The fraction of sp³-hybridized carbons (Fsp3) is 0.143. The minimum atomic E-state index is -4.10. The lowest BCUT2D eigenvalue weighted by Gasteiger charge is -2.11. The second-order valence-electron chi connectivity index (χ2n) is 6.45. The number of hydrogen-bond acceptors (Lipinski definition) is 5. The van der Waals surface area contributed by atoms with Crippen LogP contribution in [0, 0.1) is 6.92 Å². The number of para-hydroxylation sites is 1.